The van der Waals surface area contributed by atoms with Crippen LogP contribution in [0.25, 0.3) is 0 Å². The summed E-state index contributed by atoms with van der Waals surface area (Å²) in [7, 11) is 0. The topological polar surface area (TPSA) is 15.3 Å². The molecule has 1 atom stereocenters. The number of hydrogen-bond acceptors (Lipinski definition) is 2. The maximum absolute atomic E-state index is 11.8. The summed E-state index contributed by atoms with van der Waals surface area (Å²) in [5.74, 6) is 0. The molecular weight excluding hydrogens is 206 g/mol. The van der Waals surface area contributed by atoms with E-state index in [1.165, 1.54) is 0 Å². The lowest BCUT2D eigenvalue weighted by atomic mass is 10.6. The lowest BCUT2D eigenvalue weighted by Crippen LogP contribution is -2.33. The molecule has 1 aliphatic rings. The molecule has 1 unspecified atom stereocenters. The summed E-state index contributed by atoms with van der Waals surface area (Å²) in [5.41, 5.74) is 0. The fourth-order valence-corrected chi connectivity index (χ4v) is 1.35. The predicted octanol–water partition coefficient (Wildman–Crippen LogP) is 1.43. The van der Waals surface area contributed by atoms with Crippen LogP contribution in [0, 0.1) is 0 Å². The van der Waals surface area contributed by atoms with Gasteiger partial charge in [-0.1, -0.05) is 23.4 Å². The third kappa shape index (κ3) is 2.14. The van der Waals surface area contributed by atoms with Gasteiger partial charge in [-0.15, -0.1) is 0 Å². The minimum atomic E-state index is -2.36. The van der Waals surface area contributed by atoms with Crippen LogP contribution < -0.4 is 5.32 Å². The zero-order valence-electron chi connectivity index (χ0n) is 4.65. The van der Waals surface area contributed by atoms with E-state index >= 15 is 0 Å². The molecule has 0 amide bonds. The van der Waals surface area contributed by atoms with Gasteiger partial charge in [0.2, 0.25) is 0 Å². The van der Waals surface area contributed by atoms with Crippen LogP contribution >= 0.6 is 15.9 Å². The van der Waals surface area contributed by atoms with E-state index in [2.05, 4.69) is 21.2 Å². The zero-order valence-corrected chi connectivity index (χ0v) is 6.24. The summed E-state index contributed by atoms with van der Waals surface area (Å²) >= 11 is 3.04. The van der Waals surface area contributed by atoms with Crippen molar-refractivity contribution in [3.8, 4) is 0 Å². The summed E-state index contributed by atoms with van der Waals surface area (Å²) in [6.07, 6.45) is 0. The summed E-state index contributed by atoms with van der Waals surface area (Å²) in [6, 6.07) is 0. The second kappa shape index (κ2) is 4.20. The number of alkyl halides is 3. The summed E-state index contributed by atoms with van der Waals surface area (Å²) in [6.45, 7) is -1.32. The summed E-state index contributed by atoms with van der Waals surface area (Å²) < 4.78 is 23.7. The van der Waals surface area contributed by atoms with Gasteiger partial charge < -0.3 is 0 Å². The Labute approximate surface area is 67.7 Å². The van der Waals surface area contributed by atoms with E-state index in [4.69, 9.17) is 0 Å². The minimum absolute atomic E-state index is 0. The first kappa shape index (κ1) is 10.3. The maximum atomic E-state index is 11.8. The van der Waals surface area contributed by atoms with Crippen LogP contribution in [0.2, 0.25) is 0 Å². The molecule has 0 aliphatic carbocycles. The molecule has 1 N–H and O–H groups in total. The molecule has 1 rings (SSSR count). The lowest BCUT2D eigenvalue weighted by molar-refractivity contribution is -0.0174. The molecule has 1 aliphatic heterocycles. The van der Waals surface area contributed by atoms with Crippen molar-refractivity contribution < 1.29 is 8.78 Å². The molecular formula is C5H11BrF2N2. The average Bonchev–Trinajstić information content (AvgIpc) is 2.13. The van der Waals surface area contributed by atoms with Gasteiger partial charge in [-0.2, -0.15) is 8.78 Å². The van der Waals surface area contributed by atoms with Gasteiger partial charge in [0, 0.05) is 13.1 Å². The molecule has 0 saturated carbocycles. The van der Waals surface area contributed by atoms with Gasteiger partial charge in [-0.05, 0) is 0 Å². The van der Waals surface area contributed by atoms with Gasteiger partial charge in [0.1, 0.15) is 5.08 Å². The molecule has 2 nitrogen and oxygen atoms in total. The highest BCUT2D eigenvalue weighted by Crippen LogP contribution is 2.14. The van der Waals surface area contributed by atoms with E-state index in [9.17, 15) is 8.78 Å². The second-order valence-electron chi connectivity index (χ2n) is 1.81. The Hall–Kier alpha value is 0.260. The third-order valence-corrected chi connectivity index (χ3v) is 2.07. The van der Waals surface area contributed by atoms with E-state index in [0.29, 0.717) is 13.1 Å². The van der Waals surface area contributed by atoms with Crippen LogP contribution in [0.5, 0.6) is 0 Å². The molecule has 0 spiro atoms. The first-order valence-corrected chi connectivity index (χ1v) is 3.55. The number of hydrogen-bond donors (Lipinski definition) is 1. The molecule has 0 radical (unpaired) electrons. The Morgan fingerprint density at radius 2 is 2.20 bits per heavy atom. The van der Waals surface area contributed by atoms with Gasteiger partial charge in [0.25, 0.3) is 6.55 Å². The lowest BCUT2D eigenvalue weighted by Gasteiger charge is -2.16. The predicted molar refractivity (Wildman–Crippen MR) is 40.2 cm³/mol. The highest BCUT2D eigenvalue weighted by Gasteiger charge is 2.27. The number of nitrogens with zero attached hydrogens (tertiary/aromatic N) is 1. The second-order valence-corrected chi connectivity index (χ2v) is 2.67. The number of rotatable bonds is 1. The minimum Gasteiger partial charge on any atom is -0.291 e. The van der Waals surface area contributed by atoms with Crippen LogP contribution in [-0.2, 0) is 0 Å². The molecule has 5 heteroatoms. The molecule has 1 heterocycles. The van der Waals surface area contributed by atoms with Crippen molar-refractivity contribution in [1.82, 2.24) is 10.2 Å². The van der Waals surface area contributed by atoms with Gasteiger partial charge in [-0.25, -0.2) is 4.90 Å². The molecule has 1 saturated heterocycles. The molecule has 1 fully saturated rings. The average molecular weight is 217 g/mol. The van der Waals surface area contributed by atoms with Crippen LogP contribution in [0.1, 0.15) is 7.43 Å². The van der Waals surface area contributed by atoms with Gasteiger partial charge in [-0.3, -0.25) is 5.32 Å². The zero-order chi connectivity index (χ0) is 6.85. The van der Waals surface area contributed by atoms with Crippen molar-refractivity contribution in [2.24, 2.45) is 0 Å². The molecule has 0 aromatic carbocycles. The first-order valence-electron chi connectivity index (χ1n) is 2.63. The molecule has 0 bridgehead atoms. The van der Waals surface area contributed by atoms with Crippen molar-refractivity contribution in [1.29, 1.82) is 0 Å². The summed E-state index contributed by atoms with van der Waals surface area (Å²) in [4.78, 5) is 1.04. The van der Waals surface area contributed by atoms with E-state index < -0.39 is 6.55 Å². The molecule has 10 heavy (non-hydrogen) atoms. The van der Waals surface area contributed by atoms with E-state index in [1.54, 1.807) is 0 Å². The monoisotopic (exact) mass is 216 g/mol. The van der Waals surface area contributed by atoms with E-state index in [1.807, 2.05) is 0 Å². The van der Waals surface area contributed by atoms with Gasteiger partial charge in [0.15, 0.2) is 0 Å². The highest BCUT2D eigenvalue weighted by atomic mass is 79.9. The Balaban J connectivity index is 0.000000810. The smallest absolute Gasteiger partial charge is 0.291 e. The van der Waals surface area contributed by atoms with E-state index in [-0.39, 0.29) is 12.5 Å². The number of halogens is 3. The van der Waals surface area contributed by atoms with Gasteiger partial charge >= 0.3 is 0 Å². The molecule has 62 valence electrons. The van der Waals surface area contributed by atoms with Crippen molar-refractivity contribution >= 4 is 15.9 Å². The maximum Gasteiger partial charge on any atom is 0.296 e. The van der Waals surface area contributed by atoms with Crippen molar-refractivity contribution in [3.05, 3.63) is 0 Å². The first-order chi connectivity index (χ1) is 4.22. The largest absolute Gasteiger partial charge is 0.296 e. The van der Waals surface area contributed by atoms with Crippen molar-refractivity contribution in [2.75, 3.05) is 13.1 Å². The van der Waals surface area contributed by atoms with Crippen LogP contribution in [0.4, 0.5) is 8.78 Å². The third-order valence-electron chi connectivity index (χ3n) is 1.22. The van der Waals surface area contributed by atoms with E-state index in [0.717, 1.165) is 4.90 Å². The van der Waals surface area contributed by atoms with Crippen molar-refractivity contribution in [2.45, 2.75) is 19.1 Å². The van der Waals surface area contributed by atoms with Crippen LogP contribution in [0.15, 0.2) is 0 Å². The normalized spacial score (nSPS) is 27.0. The fourth-order valence-electron chi connectivity index (χ4n) is 0.740. The number of nitrogens with one attached hydrogen (secondary N) is 1. The quantitative estimate of drug-likeness (QED) is 0.528. The Bertz CT molecular complexity index is 102. The Morgan fingerprint density at radius 1 is 1.60 bits per heavy atom. The standard InChI is InChI=1S/C4H7BrF2N2.CH4/c5-3-8-1-2-9(3)4(6)7;/h3-4,8H,1-2H2;1H4. The summed E-state index contributed by atoms with van der Waals surface area (Å²) in [5, 5.41) is 2.46. The van der Waals surface area contributed by atoms with Crippen LogP contribution in [0.3, 0.4) is 0 Å². The van der Waals surface area contributed by atoms with Crippen molar-refractivity contribution in [3.63, 3.8) is 0 Å². The van der Waals surface area contributed by atoms with Crippen LogP contribution in [-0.4, -0.2) is 29.6 Å². The Kier molecular flexibility index (Phi) is 4.31. The highest BCUT2D eigenvalue weighted by molar-refractivity contribution is 9.09. The SMILES string of the molecule is C.FC(F)N1CCNC1Br. The Morgan fingerprint density at radius 3 is 2.40 bits per heavy atom. The fraction of sp³-hybridized carbons (Fsp3) is 1.00. The molecule has 0 aromatic heterocycles. The molecule has 0 aromatic rings. The van der Waals surface area contributed by atoms with Gasteiger partial charge in [0.05, 0.1) is 0 Å².